The Morgan fingerprint density at radius 1 is 1.33 bits per heavy atom. The Morgan fingerprint density at radius 3 is 1.33 bits per heavy atom. The van der Waals surface area contributed by atoms with E-state index in [1.165, 1.54) is 13.8 Å². The number of hydrogen-bond donors (Lipinski definition) is 0. The Bertz CT molecular complexity index is 33.8. The van der Waals surface area contributed by atoms with E-state index < -0.39 is 0 Å². The summed E-state index contributed by atoms with van der Waals surface area (Å²) in [6.45, 7) is 3.06. The molecule has 3 heteroatoms. The molecule has 0 aromatic rings. The third-order valence-corrected chi connectivity index (χ3v) is 0. The molecule has 0 radical (unpaired) electrons. The standard InChI is InChI=1S/C3H6O.ClH.Ti/c1-3(2)4;;/h1-2H3;1H;. The van der Waals surface area contributed by atoms with Crippen molar-refractivity contribution in [2.75, 3.05) is 0 Å². The van der Waals surface area contributed by atoms with Crippen molar-refractivity contribution in [3.8, 4) is 0 Å². The quantitative estimate of drug-likeness (QED) is 0.462. The summed E-state index contributed by atoms with van der Waals surface area (Å²) in [5.41, 5.74) is 0. The van der Waals surface area contributed by atoms with E-state index >= 15 is 0 Å². The number of ketones is 1. The van der Waals surface area contributed by atoms with Crippen molar-refractivity contribution in [2.45, 2.75) is 13.8 Å². The number of carbonyl (C=O) groups is 1. The molecule has 0 N–H and O–H groups in total. The fourth-order valence-corrected chi connectivity index (χ4v) is 0. The van der Waals surface area contributed by atoms with Gasteiger partial charge in [0.1, 0.15) is 5.78 Å². The van der Waals surface area contributed by atoms with Crippen LogP contribution in [0, 0.1) is 0 Å². The number of Topliss-reactive ketones (excluding diaryl/α,β-unsaturated/α-hetero) is 1. The first-order chi connectivity index (χ1) is 1.73. The minimum Gasteiger partial charge on any atom is -0.300 e. The minimum absolute atomic E-state index is 0. The van der Waals surface area contributed by atoms with Gasteiger partial charge in [0.2, 0.25) is 0 Å². The van der Waals surface area contributed by atoms with Crippen molar-refractivity contribution >= 4 is 18.2 Å². The van der Waals surface area contributed by atoms with Crippen LogP contribution in [0.3, 0.4) is 0 Å². The molecule has 0 aliphatic rings. The molecule has 36 valence electrons. The molecular formula is C3H7ClOTi. The van der Waals surface area contributed by atoms with Crippen LogP contribution in [0.1, 0.15) is 13.8 Å². The third kappa shape index (κ3) is 139. The predicted molar refractivity (Wildman–Crippen MR) is 23.6 cm³/mol. The van der Waals surface area contributed by atoms with Crippen LogP contribution in [0.4, 0.5) is 0 Å². The van der Waals surface area contributed by atoms with Gasteiger partial charge in [-0.15, -0.1) is 12.4 Å². The van der Waals surface area contributed by atoms with Crippen LogP contribution in [-0.4, -0.2) is 5.78 Å². The number of rotatable bonds is 0. The maximum atomic E-state index is 9.44. The van der Waals surface area contributed by atoms with E-state index in [1.807, 2.05) is 0 Å². The predicted octanol–water partition coefficient (Wildman–Crippen LogP) is 1.01. The van der Waals surface area contributed by atoms with Gasteiger partial charge in [-0.1, -0.05) is 0 Å². The van der Waals surface area contributed by atoms with Crippen LogP contribution in [0.5, 0.6) is 0 Å². The first-order valence-electron chi connectivity index (χ1n) is 1.20. The maximum Gasteiger partial charge on any atom is 0.126 e. The van der Waals surface area contributed by atoms with Crippen LogP contribution in [0.25, 0.3) is 0 Å². The maximum absolute atomic E-state index is 9.44. The SMILES string of the molecule is CC(C)=O.Cl.[Ti]. The summed E-state index contributed by atoms with van der Waals surface area (Å²) in [6.07, 6.45) is 0. The van der Waals surface area contributed by atoms with E-state index in [0.717, 1.165) is 0 Å². The Labute approximate surface area is 58.8 Å². The van der Waals surface area contributed by atoms with E-state index in [2.05, 4.69) is 0 Å². The van der Waals surface area contributed by atoms with Crippen LogP contribution in [0.2, 0.25) is 0 Å². The van der Waals surface area contributed by atoms with Gasteiger partial charge in [-0.25, -0.2) is 0 Å². The molecule has 0 aromatic heterocycles. The average Bonchev–Trinajstić information content (AvgIpc) is 0.811. The van der Waals surface area contributed by atoms with Crippen molar-refractivity contribution in [2.24, 2.45) is 0 Å². The zero-order valence-electron chi connectivity index (χ0n) is 3.82. The Kier molecular flexibility index (Phi) is 24.4. The molecule has 6 heavy (non-hydrogen) atoms. The molecule has 1 nitrogen and oxygen atoms in total. The van der Waals surface area contributed by atoms with Crippen molar-refractivity contribution in [3.05, 3.63) is 0 Å². The molecule has 0 saturated carbocycles. The summed E-state index contributed by atoms with van der Waals surface area (Å²) >= 11 is 0. The second-order valence-electron chi connectivity index (χ2n) is 0.908. The van der Waals surface area contributed by atoms with Gasteiger partial charge in [-0.3, -0.25) is 0 Å². The monoisotopic (exact) mass is 142 g/mol. The Hall–Kier alpha value is 0.674. The molecule has 0 saturated heterocycles. The molecule has 0 aliphatic heterocycles. The molecule has 0 aliphatic carbocycles. The van der Waals surface area contributed by atoms with Crippen LogP contribution < -0.4 is 0 Å². The summed E-state index contributed by atoms with van der Waals surface area (Å²) in [5.74, 6) is 0.167. The summed E-state index contributed by atoms with van der Waals surface area (Å²) < 4.78 is 0. The summed E-state index contributed by atoms with van der Waals surface area (Å²) in [7, 11) is 0. The van der Waals surface area contributed by atoms with Gasteiger partial charge in [0, 0.05) is 21.7 Å². The zero-order valence-corrected chi connectivity index (χ0v) is 6.19. The second kappa shape index (κ2) is 9.18. The molecule has 0 fully saturated rings. The molecule has 0 spiro atoms. The van der Waals surface area contributed by atoms with E-state index in [4.69, 9.17) is 0 Å². The summed E-state index contributed by atoms with van der Waals surface area (Å²) in [4.78, 5) is 9.44. The fraction of sp³-hybridized carbons (Fsp3) is 0.667. The molecule has 0 aromatic carbocycles. The average molecular weight is 142 g/mol. The van der Waals surface area contributed by atoms with Gasteiger partial charge in [0.15, 0.2) is 0 Å². The Balaban J connectivity index is -0.0000000450. The topological polar surface area (TPSA) is 17.1 Å². The van der Waals surface area contributed by atoms with Crippen LogP contribution >= 0.6 is 12.4 Å². The normalized spacial score (nSPS) is 4.33. The number of carbonyl (C=O) groups excluding carboxylic acids is 1. The second-order valence-corrected chi connectivity index (χ2v) is 0.908. The van der Waals surface area contributed by atoms with E-state index in [0.29, 0.717) is 0 Å². The van der Waals surface area contributed by atoms with Crippen LogP contribution in [0.15, 0.2) is 0 Å². The van der Waals surface area contributed by atoms with Crippen molar-refractivity contribution in [1.82, 2.24) is 0 Å². The zero-order chi connectivity index (χ0) is 3.58. The fourth-order valence-electron chi connectivity index (χ4n) is 0. The largest absolute Gasteiger partial charge is 0.300 e. The van der Waals surface area contributed by atoms with Crippen molar-refractivity contribution in [3.63, 3.8) is 0 Å². The molecular weight excluding hydrogens is 135 g/mol. The first-order valence-corrected chi connectivity index (χ1v) is 1.20. The van der Waals surface area contributed by atoms with Gasteiger partial charge in [-0.05, 0) is 13.8 Å². The molecule has 0 atom stereocenters. The summed E-state index contributed by atoms with van der Waals surface area (Å²) in [5, 5.41) is 0. The van der Waals surface area contributed by atoms with Crippen molar-refractivity contribution in [1.29, 1.82) is 0 Å². The van der Waals surface area contributed by atoms with E-state index in [1.54, 1.807) is 0 Å². The molecule has 0 amide bonds. The first kappa shape index (κ1) is 15.9. The molecule has 0 heterocycles. The molecule has 0 unspecified atom stereocenters. The van der Waals surface area contributed by atoms with Crippen molar-refractivity contribution < 1.29 is 26.5 Å². The van der Waals surface area contributed by atoms with Gasteiger partial charge < -0.3 is 4.79 Å². The van der Waals surface area contributed by atoms with Crippen LogP contribution in [-0.2, 0) is 26.5 Å². The van der Waals surface area contributed by atoms with Gasteiger partial charge in [0.25, 0.3) is 0 Å². The van der Waals surface area contributed by atoms with E-state index in [-0.39, 0.29) is 39.9 Å². The smallest absolute Gasteiger partial charge is 0.126 e. The number of halogens is 1. The van der Waals surface area contributed by atoms with Gasteiger partial charge in [-0.2, -0.15) is 0 Å². The van der Waals surface area contributed by atoms with Gasteiger partial charge >= 0.3 is 0 Å². The molecule has 0 bridgehead atoms. The third-order valence-electron chi connectivity index (χ3n) is 0. The number of hydrogen-bond acceptors (Lipinski definition) is 1. The van der Waals surface area contributed by atoms with E-state index in [9.17, 15) is 4.79 Å². The van der Waals surface area contributed by atoms with Gasteiger partial charge in [0.05, 0.1) is 0 Å². The molecule has 0 rings (SSSR count). The Morgan fingerprint density at radius 2 is 1.33 bits per heavy atom. The minimum atomic E-state index is 0. The summed E-state index contributed by atoms with van der Waals surface area (Å²) in [6, 6.07) is 0.